The number of rotatable bonds is 3. The molecule has 2 rings (SSSR count). The number of aryl methyl sites for hydroxylation is 1. The maximum Gasteiger partial charge on any atom is 0.142 e. The zero-order valence-electron chi connectivity index (χ0n) is 11.7. The quantitative estimate of drug-likeness (QED) is 0.816. The molecule has 0 aromatic heterocycles. The third-order valence-corrected chi connectivity index (χ3v) is 3.54. The second-order valence-electron chi connectivity index (χ2n) is 4.78. The van der Waals surface area contributed by atoms with E-state index in [1.807, 2.05) is 13.0 Å². The van der Waals surface area contributed by atoms with Gasteiger partial charge in [-0.15, -0.1) is 0 Å². The number of likely N-dealkylation sites (N-methyl/N-ethyl adjacent to an activating group) is 1. The smallest absolute Gasteiger partial charge is 0.142 e. The van der Waals surface area contributed by atoms with Gasteiger partial charge in [0.05, 0.1) is 19.9 Å². The van der Waals surface area contributed by atoms with Crippen LogP contribution in [0.15, 0.2) is 12.1 Å². The summed E-state index contributed by atoms with van der Waals surface area (Å²) in [7, 11) is 5.59. The van der Waals surface area contributed by atoms with Crippen LogP contribution in [0, 0.1) is 6.92 Å². The van der Waals surface area contributed by atoms with E-state index in [0.717, 1.165) is 48.9 Å². The average molecular weight is 250 g/mol. The molecular weight excluding hydrogens is 228 g/mol. The number of anilines is 1. The molecule has 0 aliphatic carbocycles. The summed E-state index contributed by atoms with van der Waals surface area (Å²) in [6, 6.07) is 4.13. The van der Waals surface area contributed by atoms with Gasteiger partial charge in [0.2, 0.25) is 0 Å². The molecule has 1 aromatic rings. The molecule has 1 heterocycles. The molecule has 0 radical (unpaired) electrons. The summed E-state index contributed by atoms with van der Waals surface area (Å²) < 4.78 is 10.9. The van der Waals surface area contributed by atoms with Crippen LogP contribution in [0.5, 0.6) is 11.5 Å². The Morgan fingerprint density at radius 3 is 2.11 bits per heavy atom. The van der Waals surface area contributed by atoms with Gasteiger partial charge in [-0.25, -0.2) is 0 Å². The second kappa shape index (κ2) is 5.48. The van der Waals surface area contributed by atoms with Gasteiger partial charge < -0.3 is 19.3 Å². The van der Waals surface area contributed by atoms with E-state index >= 15 is 0 Å². The number of hydrogen-bond donors (Lipinski definition) is 0. The highest BCUT2D eigenvalue weighted by Crippen LogP contribution is 2.35. The van der Waals surface area contributed by atoms with Crippen LogP contribution < -0.4 is 14.4 Å². The van der Waals surface area contributed by atoms with Gasteiger partial charge in [-0.1, -0.05) is 0 Å². The zero-order chi connectivity index (χ0) is 13.1. The summed E-state index contributed by atoms with van der Waals surface area (Å²) in [5.74, 6) is 1.85. The third kappa shape index (κ3) is 2.53. The fourth-order valence-electron chi connectivity index (χ4n) is 2.33. The van der Waals surface area contributed by atoms with Gasteiger partial charge in [0, 0.05) is 32.2 Å². The van der Waals surface area contributed by atoms with E-state index in [4.69, 9.17) is 9.47 Å². The van der Waals surface area contributed by atoms with Crippen LogP contribution in [0.2, 0.25) is 0 Å². The fourth-order valence-corrected chi connectivity index (χ4v) is 2.33. The molecule has 4 nitrogen and oxygen atoms in total. The molecule has 1 aliphatic heterocycles. The lowest BCUT2D eigenvalue weighted by atomic mass is 10.1. The van der Waals surface area contributed by atoms with Crippen molar-refractivity contribution in [1.29, 1.82) is 0 Å². The molecular formula is C14H22N2O2. The SMILES string of the molecule is COc1cc(N2CCN(C)CC2)c(OC)cc1C. The van der Waals surface area contributed by atoms with Crippen LogP contribution in [0.1, 0.15) is 5.56 Å². The number of nitrogens with zero attached hydrogens (tertiary/aromatic N) is 2. The number of piperazine rings is 1. The number of ether oxygens (including phenoxy) is 2. The second-order valence-corrected chi connectivity index (χ2v) is 4.78. The number of benzene rings is 1. The Hall–Kier alpha value is -1.42. The molecule has 100 valence electrons. The van der Waals surface area contributed by atoms with E-state index in [0.29, 0.717) is 0 Å². The summed E-state index contributed by atoms with van der Waals surface area (Å²) in [6.07, 6.45) is 0. The van der Waals surface area contributed by atoms with E-state index < -0.39 is 0 Å². The minimum Gasteiger partial charge on any atom is -0.496 e. The van der Waals surface area contributed by atoms with Crippen LogP contribution >= 0.6 is 0 Å². The Bertz CT molecular complexity index is 413. The first-order valence-corrected chi connectivity index (χ1v) is 6.32. The molecule has 1 saturated heterocycles. The Labute approximate surface area is 109 Å². The molecule has 0 bridgehead atoms. The number of methoxy groups -OCH3 is 2. The van der Waals surface area contributed by atoms with Gasteiger partial charge >= 0.3 is 0 Å². The average Bonchev–Trinajstić information content (AvgIpc) is 2.39. The van der Waals surface area contributed by atoms with Gasteiger partial charge in [0.1, 0.15) is 11.5 Å². The lowest BCUT2D eigenvalue weighted by Crippen LogP contribution is -2.44. The summed E-state index contributed by atoms with van der Waals surface area (Å²) in [5.41, 5.74) is 2.24. The summed E-state index contributed by atoms with van der Waals surface area (Å²) in [6.45, 7) is 6.26. The highest BCUT2D eigenvalue weighted by atomic mass is 16.5. The van der Waals surface area contributed by atoms with Gasteiger partial charge in [-0.2, -0.15) is 0 Å². The summed E-state index contributed by atoms with van der Waals surface area (Å²) >= 11 is 0. The van der Waals surface area contributed by atoms with Crippen LogP contribution in [0.4, 0.5) is 5.69 Å². The van der Waals surface area contributed by atoms with Crippen molar-refractivity contribution in [1.82, 2.24) is 4.90 Å². The van der Waals surface area contributed by atoms with Gasteiger partial charge in [-0.3, -0.25) is 0 Å². The van der Waals surface area contributed by atoms with E-state index in [1.54, 1.807) is 14.2 Å². The van der Waals surface area contributed by atoms with Crippen molar-refractivity contribution in [2.45, 2.75) is 6.92 Å². The Kier molecular flexibility index (Phi) is 3.97. The fraction of sp³-hybridized carbons (Fsp3) is 0.571. The maximum atomic E-state index is 5.49. The van der Waals surface area contributed by atoms with E-state index in [-0.39, 0.29) is 0 Å². The lowest BCUT2D eigenvalue weighted by Gasteiger charge is -2.35. The minimum absolute atomic E-state index is 0.921. The first kappa shape index (κ1) is 13.0. The maximum absolute atomic E-state index is 5.49. The molecule has 0 spiro atoms. The van der Waals surface area contributed by atoms with Crippen molar-refractivity contribution in [3.63, 3.8) is 0 Å². The van der Waals surface area contributed by atoms with Crippen LogP contribution in [-0.2, 0) is 0 Å². The van der Waals surface area contributed by atoms with Gasteiger partial charge in [0.15, 0.2) is 0 Å². The van der Waals surface area contributed by atoms with Crippen molar-refractivity contribution in [3.05, 3.63) is 17.7 Å². The first-order valence-electron chi connectivity index (χ1n) is 6.32. The van der Waals surface area contributed by atoms with Crippen molar-refractivity contribution in [2.75, 3.05) is 52.3 Å². The van der Waals surface area contributed by atoms with Crippen LogP contribution in [-0.4, -0.2) is 52.3 Å². The molecule has 0 amide bonds. The zero-order valence-corrected chi connectivity index (χ0v) is 11.7. The number of hydrogen-bond acceptors (Lipinski definition) is 4. The van der Waals surface area contributed by atoms with Crippen molar-refractivity contribution in [3.8, 4) is 11.5 Å². The highest BCUT2D eigenvalue weighted by Gasteiger charge is 2.19. The summed E-state index contributed by atoms with van der Waals surface area (Å²) in [5, 5.41) is 0. The Balaban J connectivity index is 2.30. The third-order valence-electron chi connectivity index (χ3n) is 3.54. The lowest BCUT2D eigenvalue weighted by molar-refractivity contribution is 0.310. The van der Waals surface area contributed by atoms with Crippen molar-refractivity contribution >= 4 is 5.69 Å². The molecule has 0 N–H and O–H groups in total. The van der Waals surface area contributed by atoms with Crippen molar-refractivity contribution in [2.24, 2.45) is 0 Å². The normalized spacial score (nSPS) is 16.8. The molecule has 18 heavy (non-hydrogen) atoms. The molecule has 1 aromatic carbocycles. The predicted molar refractivity (Wildman–Crippen MR) is 74.0 cm³/mol. The molecule has 0 unspecified atom stereocenters. The Morgan fingerprint density at radius 1 is 0.944 bits per heavy atom. The summed E-state index contributed by atoms with van der Waals surface area (Å²) in [4.78, 5) is 4.70. The predicted octanol–water partition coefficient (Wildman–Crippen LogP) is 1.76. The minimum atomic E-state index is 0.921. The molecule has 1 aliphatic rings. The first-order chi connectivity index (χ1) is 8.65. The van der Waals surface area contributed by atoms with E-state index in [2.05, 4.69) is 22.9 Å². The largest absolute Gasteiger partial charge is 0.496 e. The monoisotopic (exact) mass is 250 g/mol. The highest BCUT2D eigenvalue weighted by molar-refractivity contribution is 5.64. The molecule has 1 fully saturated rings. The van der Waals surface area contributed by atoms with Gasteiger partial charge in [-0.05, 0) is 25.6 Å². The van der Waals surface area contributed by atoms with Crippen LogP contribution in [0.3, 0.4) is 0 Å². The van der Waals surface area contributed by atoms with Crippen LogP contribution in [0.25, 0.3) is 0 Å². The van der Waals surface area contributed by atoms with E-state index in [9.17, 15) is 0 Å². The van der Waals surface area contributed by atoms with Gasteiger partial charge in [0.25, 0.3) is 0 Å². The standard InChI is InChI=1S/C14H22N2O2/c1-11-9-14(18-4)12(10-13(11)17-3)16-7-5-15(2)6-8-16/h9-10H,5-8H2,1-4H3. The molecule has 0 saturated carbocycles. The topological polar surface area (TPSA) is 24.9 Å². The molecule has 0 atom stereocenters. The van der Waals surface area contributed by atoms with E-state index in [1.165, 1.54) is 0 Å². The Morgan fingerprint density at radius 2 is 1.56 bits per heavy atom. The molecule has 4 heteroatoms. The van der Waals surface area contributed by atoms with Crippen molar-refractivity contribution < 1.29 is 9.47 Å².